The predicted molar refractivity (Wildman–Crippen MR) is 40.6 cm³/mol. The van der Waals surface area contributed by atoms with Crippen LogP contribution in [0, 0.1) is 0 Å². The van der Waals surface area contributed by atoms with Crippen molar-refractivity contribution in [3.05, 3.63) is 17.3 Å². The van der Waals surface area contributed by atoms with Gasteiger partial charge < -0.3 is 4.42 Å². The molecular weight excluding hydrogens is 142 g/mol. The quantitative estimate of drug-likeness (QED) is 0.619. The summed E-state index contributed by atoms with van der Waals surface area (Å²) >= 11 is 0. The lowest BCUT2D eigenvalue weighted by Gasteiger charge is -1.83. The molecule has 0 unspecified atom stereocenters. The van der Waals surface area contributed by atoms with E-state index in [2.05, 4.69) is 4.98 Å². The van der Waals surface area contributed by atoms with Crippen molar-refractivity contribution in [2.24, 2.45) is 0 Å². The Morgan fingerprint density at radius 3 is 2.55 bits per heavy atom. The zero-order chi connectivity index (χ0) is 8.27. The summed E-state index contributed by atoms with van der Waals surface area (Å²) in [5, 5.41) is 0. The maximum absolute atomic E-state index is 10.4. The van der Waals surface area contributed by atoms with E-state index >= 15 is 0 Å². The second kappa shape index (κ2) is 3.32. The summed E-state index contributed by atoms with van der Waals surface area (Å²) in [6.45, 7) is 3.89. The Bertz CT molecular complexity index is 253. The van der Waals surface area contributed by atoms with Crippen LogP contribution in [0.4, 0.5) is 0 Å². The summed E-state index contributed by atoms with van der Waals surface area (Å²) in [4.78, 5) is 14.5. The van der Waals surface area contributed by atoms with E-state index < -0.39 is 0 Å². The molecule has 0 radical (unpaired) electrons. The molecule has 1 aromatic heterocycles. The fourth-order valence-corrected chi connectivity index (χ4v) is 0.911. The molecule has 0 aliphatic heterocycles. The summed E-state index contributed by atoms with van der Waals surface area (Å²) in [5.41, 5.74) is 0.761. The average Bonchev–Trinajstić information content (AvgIpc) is 2.46. The van der Waals surface area contributed by atoms with Gasteiger partial charge in [-0.1, -0.05) is 13.8 Å². The molecule has 0 saturated heterocycles. The smallest absolute Gasteiger partial charge is 0.195 e. The van der Waals surface area contributed by atoms with Crippen molar-refractivity contribution in [2.75, 3.05) is 0 Å². The summed E-state index contributed by atoms with van der Waals surface area (Å²) < 4.78 is 5.12. The molecule has 0 aliphatic carbocycles. The highest BCUT2D eigenvalue weighted by molar-refractivity contribution is 5.72. The Hall–Kier alpha value is -1.12. The van der Waals surface area contributed by atoms with Gasteiger partial charge in [0.2, 0.25) is 0 Å². The molecule has 0 aliphatic rings. The first-order valence-corrected chi connectivity index (χ1v) is 3.75. The molecule has 0 saturated carbocycles. The van der Waals surface area contributed by atoms with E-state index in [9.17, 15) is 4.79 Å². The number of hydrogen-bond donors (Lipinski definition) is 0. The highest BCUT2D eigenvalue weighted by atomic mass is 16.4. The number of rotatable bonds is 3. The Kier molecular flexibility index (Phi) is 2.41. The first-order valence-electron chi connectivity index (χ1n) is 3.75. The fraction of sp³-hybridized carbons (Fsp3) is 0.500. The van der Waals surface area contributed by atoms with E-state index in [1.807, 2.05) is 13.8 Å². The van der Waals surface area contributed by atoms with Crippen molar-refractivity contribution in [3.8, 4) is 0 Å². The molecule has 0 atom stereocenters. The largest absolute Gasteiger partial charge is 0.438 e. The number of oxazole rings is 1. The third-order valence-electron chi connectivity index (χ3n) is 1.52. The lowest BCUT2D eigenvalue weighted by molar-refractivity contribution is 0.109. The number of carbonyl (C=O) groups excluding carboxylic acids is 1. The van der Waals surface area contributed by atoms with Crippen LogP contribution in [0.15, 0.2) is 4.42 Å². The molecule has 0 fully saturated rings. The van der Waals surface area contributed by atoms with E-state index in [0.29, 0.717) is 17.9 Å². The maximum atomic E-state index is 10.4. The minimum absolute atomic E-state index is 0.379. The molecule has 0 N–H and O–H groups in total. The standard InChI is InChI=1S/C8H11NO2/c1-3-6-7(5-10)11-8(4-2)9-6/h5H,3-4H2,1-2H3. The van der Waals surface area contributed by atoms with Crippen LogP contribution in [-0.4, -0.2) is 11.3 Å². The van der Waals surface area contributed by atoms with Crippen LogP contribution >= 0.6 is 0 Å². The molecule has 60 valence electrons. The fourth-order valence-electron chi connectivity index (χ4n) is 0.911. The SMILES string of the molecule is CCc1nc(CC)c(C=O)o1. The number of aryl methyl sites for hydroxylation is 2. The van der Waals surface area contributed by atoms with Gasteiger partial charge in [-0.2, -0.15) is 0 Å². The lowest BCUT2D eigenvalue weighted by atomic mass is 10.3. The van der Waals surface area contributed by atoms with Crippen molar-refractivity contribution < 1.29 is 9.21 Å². The monoisotopic (exact) mass is 153 g/mol. The van der Waals surface area contributed by atoms with Crippen molar-refractivity contribution in [1.29, 1.82) is 0 Å². The first-order chi connectivity index (χ1) is 5.31. The molecular formula is C8H11NO2. The zero-order valence-corrected chi connectivity index (χ0v) is 6.76. The van der Waals surface area contributed by atoms with Gasteiger partial charge in [-0.05, 0) is 6.42 Å². The van der Waals surface area contributed by atoms with Crippen LogP contribution in [0.2, 0.25) is 0 Å². The molecule has 1 aromatic rings. The Morgan fingerprint density at radius 2 is 2.18 bits per heavy atom. The Morgan fingerprint density at radius 1 is 1.45 bits per heavy atom. The van der Waals surface area contributed by atoms with Crippen molar-refractivity contribution >= 4 is 6.29 Å². The van der Waals surface area contributed by atoms with Gasteiger partial charge in [-0.25, -0.2) is 4.98 Å². The van der Waals surface area contributed by atoms with E-state index in [0.717, 1.165) is 18.5 Å². The minimum Gasteiger partial charge on any atom is -0.438 e. The van der Waals surface area contributed by atoms with Crippen LogP contribution in [0.3, 0.4) is 0 Å². The van der Waals surface area contributed by atoms with Crippen LogP contribution < -0.4 is 0 Å². The number of nitrogens with zero attached hydrogens (tertiary/aromatic N) is 1. The van der Waals surface area contributed by atoms with Crippen LogP contribution in [0.1, 0.15) is 36.0 Å². The first kappa shape index (κ1) is 7.98. The van der Waals surface area contributed by atoms with E-state index in [-0.39, 0.29) is 0 Å². The topological polar surface area (TPSA) is 43.1 Å². The number of carbonyl (C=O) groups is 1. The highest BCUT2D eigenvalue weighted by Gasteiger charge is 2.08. The van der Waals surface area contributed by atoms with Gasteiger partial charge >= 0.3 is 0 Å². The molecule has 1 rings (SSSR count). The van der Waals surface area contributed by atoms with Crippen LogP contribution in [0.5, 0.6) is 0 Å². The molecule has 3 nitrogen and oxygen atoms in total. The van der Waals surface area contributed by atoms with Gasteiger partial charge in [-0.3, -0.25) is 4.79 Å². The predicted octanol–water partition coefficient (Wildman–Crippen LogP) is 1.61. The molecule has 11 heavy (non-hydrogen) atoms. The molecule has 3 heteroatoms. The Labute approximate surface area is 65.4 Å². The van der Waals surface area contributed by atoms with Crippen LogP contribution in [0.25, 0.3) is 0 Å². The summed E-state index contributed by atoms with van der Waals surface area (Å²) in [7, 11) is 0. The number of hydrogen-bond acceptors (Lipinski definition) is 3. The van der Waals surface area contributed by atoms with Gasteiger partial charge in [-0.15, -0.1) is 0 Å². The molecule has 0 bridgehead atoms. The number of aldehydes is 1. The molecule has 0 aromatic carbocycles. The third kappa shape index (κ3) is 1.48. The van der Waals surface area contributed by atoms with E-state index in [4.69, 9.17) is 4.42 Å². The average molecular weight is 153 g/mol. The van der Waals surface area contributed by atoms with Crippen LogP contribution in [-0.2, 0) is 12.8 Å². The van der Waals surface area contributed by atoms with Crippen molar-refractivity contribution in [2.45, 2.75) is 26.7 Å². The van der Waals surface area contributed by atoms with Crippen molar-refractivity contribution in [1.82, 2.24) is 4.98 Å². The second-order valence-corrected chi connectivity index (χ2v) is 2.24. The summed E-state index contributed by atoms with van der Waals surface area (Å²) in [6, 6.07) is 0. The molecule has 1 heterocycles. The van der Waals surface area contributed by atoms with E-state index in [1.54, 1.807) is 0 Å². The number of aromatic nitrogens is 1. The Balaban J connectivity index is 3.01. The lowest BCUT2D eigenvalue weighted by Crippen LogP contribution is -1.86. The molecule has 0 amide bonds. The highest BCUT2D eigenvalue weighted by Crippen LogP contribution is 2.09. The van der Waals surface area contributed by atoms with Gasteiger partial charge in [0.25, 0.3) is 0 Å². The maximum Gasteiger partial charge on any atom is 0.195 e. The normalized spacial score (nSPS) is 10.0. The van der Waals surface area contributed by atoms with Gasteiger partial charge in [0.15, 0.2) is 17.9 Å². The summed E-state index contributed by atoms with van der Waals surface area (Å²) in [5.74, 6) is 1.02. The summed E-state index contributed by atoms with van der Waals surface area (Å²) in [6.07, 6.45) is 2.20. The van der Waals surface area contributed by atoms with Gasteiger partial charge in [0, 0.05) is 6.42 Å². The van der Waals surface area contributed by atoms with Crippen molar-refractivity contribution in [3.63, 3.8) is 0 Å². The van der Waals surface area contributed by atoms with Gasteiger partial charge in [0.05, 0.1) is 5.69 Å². The second-order valence-electron chi connectivity index (χ2n) is 2.24. The third-order valence-corrected chi connectivity index (χ3v) is 1.52. The molecule has 0 spiro atoms. The van der Waals surface area contributed by atoms with E-state index in [1.165, 1.54) is 0 Å². The minimum atomic E-state index is 0.379. The van der Waals surface area contributed by atoms with Gasteiger partial charge in [0.1, 0.15) is 0 Å². The zero-order valence-electron chi connectivity index (χ0n) is 6.76.